The van der Waals surface area contributed by atoms with E-state index < -0.39 is 23.5 Å². The quantitative estimate of drug-likeness (QED) is 0.196. The van der Waals surface area contributed by atoms with Crippen LogP contribution >= 0.6 is 0 Å². The van der Waals surface area contributed by atoms with Crippen molar-refractivity contribution in [2.24, 2.45) is 0 Å². The minimum atomic E-state index is -4.56. The van der Waals surface area contributed by atoms with Crippen LogP contribution in [-0.2, 0) is 18.1 Å². The second-order valence-corrected chi connectivity index (χ2v) is 9.22. The molecule has 0 saturated carbocycles. The molecule has 0 amide bonds. The fourth-order valence-corrected chi connectivity index (χ4v) is 4.64. The Hall–Kier alpha value is -4.53. The number of aliphatic hydroxyl groups is 1. The Morgan fingerprint density at radius 1 is 0.725 bits per heavy atom. The largest absolute Gasteiger partial charge is 0.439 e. The van der Waals surface area contributed by atoms with Crippen molar-refractivity contribution < 1.29 is 23.0 Å². The molecule has 2 atom stereocenters. The molecule has 0 spiro atoms. The summed E-state index contributed by atoms with van der Waals surface area (Å²) in [5, 5.41) is 14.9. The Bertz CT molecular complexity index is 1530. The van der Waals surface area contributed by atoms with Crippen molar-refractivity contribution >= 4 is 0 Å². The van der Waals surface area contributed by atoms with Crippen LogP contribution in [0.3, 0.4) is 0 Å². The van der Waals surface area contributed by atoms with Gasteiger partial charge in [-0.25, -0.2) is 4.98 Å². The Kier molecular flexibility index (Phi) is 7.91. The molecule has 0 aliphatic rings. The van der Waals surface area contributed by atoms with Crippen LogP contribution in [0.25, 0.3) is 0 Å². The lowest BCUT2D eigenvalue weighted by atomic mass is 9.79. The van der Waals surface area contributed by atoms with Gasteiger partial charge < -0.3 is 9.84 Å². The van der Waals surface area contributed by atoms with E-state index in [0.717, 1.165) is 17.7 Å². The van der Waals surface area contributed by atoms with Gasteiger partial charge in [-0.15, -0.1) is 0 Å². The number of hydrogen-bond acceptors (Lipinski definition) is 5. The highest BCUT2D eigenvalue weighted by Gasteiger charge is 2.40. The molecule has 5 aromatic rings. The number of nitrogens with zero attached hydrogens (tertiary/aromatic N) is 2. The molecule has 8 heteroatoms. The van der Waals surface area contributed by atoms with E-state index in [1.54, 1.807) is 54.7 Å². The van der Waals surface area contributed by atoms with Gasteiger partial charge in [-0.1, -0.05) is 66.7 Å². The van der Waals surface area contributed by atoms with Crippen LogP contribution in [0.2, 0.25) is 0 Å². The minimum absolute atomic E-state index is 0.160. The van der Waals surface area contributed by atoms with Gasteiger partial charge in [-0.05, 0) is 59.7 Å². The topological polar surface area (TPSA) is 67.3 Å². The third-order valence-corrected chi connectivity index (χ3v) is 6.53. The highest BCUT2D eigenvalue weighted by molar-refractivity contribution is 5.42. The van der Waals surface area contributed by atoms with Gasteiger partial charge >= 0.3 is 6.18 Å². The van der Waals surface area contributed by atoms with Crippen LogP contribution in [0.15, 0.2) is 128 Å². The first-order valence-electron chi connectivity index (χ1n) is 12.6. The predicted octanol–water partition coefficient (Wildman–Crippen LogP) is 7.05. The molecule has 2 heterocycles. The number of benzene rings is 3. The van der Waals surface area contributed by atoms with Gasteiger partial charge in [0.25, 0.3) is 0 Å². The zero-order valence-corrected chi connectivity index (χ0v) is 21.3. The summed E-state index contributed by atoms with van der Waals surface area (Å²) in [5.74, 6) is 0.681. The van der Waals surface area contributed by atoms with Crippen molar-refractivity contribution in [3.05, 3.63) is 156 Å². The molecule has 2 aromatic heterocycles. The second-order valence-electron chi connectivity index (χ2n) is 9.22. The molecule has 202 valence electrons. The molecule has 0 aliphatic heterocycles. The number of aromatic nitrogens is 2. The third kappa shape index (κ3) is 6.03. The fourth-order valence-electron chi connectivity index (χ4n) is 4.64. The summed E-state index contributed by atoms with van der Waals surface area (Å²) in [7, 11) is 0. The number of aliphatic hydroxyl groups excluding tert-OH is 1. The summed E-state index contributed by atoms with van der Waals surface area (Å²) < 4.78 is 47.6. The number of alkyl halides is 3. The zero-order chi connectivity index (χ0) is 28.0. The van der Waals surface area contributed by atoms with Gasteiger partial charge in [-0.3, -0.25) is 10.3 Å². The average Bonchev–Trinajstić information content (AvgIpc) is 2.98. The summed E-state index contributed by atoms with van der Waals surface area (Å²) in [6, 6.07) is 32.0. The van der Waals surface area contributed by atoms with E-state index in [9.17, 15) is 18.3 Å². The van der Waals surface area contributed by atoms with Crippen LogP contribution < -0.4 is 10.1 Å². The molecule has 3 aromatic carbocycles. The van der Waals surface area contributed by atoms with Crippen LogP contribution in [-0.4, -0.2) is 15.1 Å². The Labute approximate surface area is 230 Å². The summed E-state index contributed by atoms with van der Waals surface area (Å²) in [6.45, 7) is 0. The van der Waals surface area contributed by atoms with E-state index in [1.165, 1.54) is 12.3 Å². The molecule has 0 aliphatic carbocycles. The lowest BCUT2D eigenvalue weighted by Gasteiger charge is -2.38. The first kappa shape index (κ1) is 27.1. The van der Waals surface area contributed by atoms with Gasteiger partial charge in [0, 0.05) is 18.8 Å². The van der Waals surface area contributed by atoms with Crippen molar-refractivity contribution in [1.82, 2.24) is 15.3 Å². The number of para-hydroxylation sites is 1. The number of pyridine rings is 2. The number of rotatable bonds is 9. The van der Waals surface area contributed by atoms with Crippen molar-refractivity contribution in [3.63, 3.8) is 0 Å². The van der Waals surface area contributed by atoms with Gasteiger partial charge in [0.1, 0.15) is 12.0 Å². The molecule has 0 radical (unpaired) electrons. The number of nitrogens with one attached hydrogen (secondary N) is 1. The number of ether oxygens (including phenoxy) is 1. The van der Waals surface area contributed by atoms with Crippen LogP contribution in [0.1, 0.15) is 34.2 Å². The fraction of sp³-hybridized carbons (Fsp3) is 0.125. The summed E-state index contributed by atoms with van der Waals surface area (Å²) in [4.78, 5) is 8.87. The Balaban J connectivity index is 1.65. The normalized spacial score (nSPS) is 13.8. The van der Waals surface area contributed by atoms with Gasteiger partial charge in [0.15, 0.2) is 0 Å². The second kappa shape index (κ2) is 11.7. The van der Waals surface area contributed by atoms with Crippen LogP contribution in [0.4, 0.5) is 13.2 Å². The van der Waals surface area contributed by atoms with E-state index in [-0.39, 0.29) is 12.3 Å². The number of halogens is 3. The maximum Gasteiger partial charge on any atom is 0.416 e. The van der Waals surface area contributed by atoms with E-state index >= 15 is 0 Å². The molecule has 0 bridgehead atoms. The monoisotopic (exact) mass is 541 g/mol. The first-order valence-corrected chi connectivity index (χ1v) is 12.6. The zero-order valence-electron chi connectivity index (χ0n) is 21.3. The molecule has 5 nitrogen and oxygen atoms in total. The Morgan fingerprint density at radius 3 is 2.10 bits per heavy atom. The third-order valence-electron chi connectivity index (χ3n) is 6.53. The summed E-state index contributed by atoms with van der Waals surface area (Å²) >= 11 is 0. The van der Waals surface area contributed by atoms with Gasteiger partial charge in [0.05, 0.1) is 22.4 Å². The summed E-state index contributed by atoms with van der Waals surface area (Å²) in [5.41, 5.74) is -0.304. The molecular weight excluding hydrogens is 515 g/mol. The van der Waals surface area contributed by atoms with E-state index in [1.807, 2.05) is 48.5 Å². The maximum atomic E-state index is 13.9. The molecule has 5 rings (SSSR count). The highest BCUT2D eigenvalue weighted by Crippen LogP contribution is 2.39. The first-order chi connectivity index (χ1) is 19.3. The minimum Gasteiger partial charge on any atom is -0.439 e. The van der Waals surface area contributed by atoms with E-state index in [4.69, 9.17) is 4.74 Å². The van der Waals surface area contributed by atoms with Crippen molar-refractivity contribution in [1.29, 1.82) is 0 Å². The van der Waals surface area contributed by atoms with Crippen molar-refractivity contribution in [3.8, 4) is 11.6 Å². The smallest absolute Gasteiger partial charge is 0.416 e. The molecular formula is C32H26F3N3O2. The van der Waals surface area contributed by atoms with E-state index in [0.29, 0.717) is 22.6 Å². The van der Waals surface area contributed by atoms with Crippen LogP contribution in [0.5, 0.6) is 11.6 Å². The van der Waals surface area contributed by atoms with Crippen molar-refractivity contribution in [2.45, 2.75) is 24.4 Å². The standard InChI is InChI=1S/C32H26F3N3O2/c33-32(34,35)25-14-9-13-24(21-25)31(28-18-7-8-19-36-28,22-23-11-3-1-4-12-23)38-29(39)27-17-10-20-37-30(27)40-26-15-5-2-6-16-26/h1-21,29,38-39H,22H2. The SMILES string of the molecule is OC(NC(Cc1ccccc1)(c1cccc(C(F)(F)F)c1)c1ccccn1)c1cccnc1Oc1ccccc1. The van der Waals surface area contributed by atoms with Gasteiger partial charge in [0.2, 0.25) is 5.88 Å². The molecule has 0 saturated heterocycles. The van der Waals surface area contributed by atoms with Gasteiger partial charge in [-0.2, -0.15) is 13.2 Å². The molecule has 2 unspecified atom stereocenters. The maximum absolute atomic E-state index is 13.9. The predicted molar refractivity (Wildman–Crippen MR) is 145 cm³/mol. The molecule has 0 fully saturated rings. The highest BCUT2D eigenvalue weighted by atomic mass is 19.4. The average molecular weight is 542 g/mol. The van der Waals surface area contributed by atoms with Crippen LogP contribution in [0, 0.1) is 0 Å². The van der Waals surface area contributed by atoms with E-state index in [2.05, 4.69) is 15.3 Å². The molecule has 2 N–H and O–H groups in total. The van der Waals surface area contributed by atoms with Crippen molar-refractivity contribution in [2.75, 3.05) is 0 Å². The Morgan fingerprint density at radius 2 is 1.40 bits per heavy atom. The summed E-state index contributed by atoms with van der Waals surface area (Å²) in [6.07, 6.45) is -2.65. The lowest BCUT2D eigenvalue weighted by molar-refractivity contribution is -0.137. The lowest BCUT2D eigenvalue weighted by Crippen LogP contribution is -2.48. The molecule has 40 heavy (non-hydrogen) atoms. The number of hydrogen-bond donors (Lipinski definition) is 2.